The molecule has 0 bridgehead atoms. The normalized spacial score (nSPS) is 16.8. The molecule has 0 spiro atoms. The molecule has 2 aromatic carbocycles. The van der Waals surface area contributed by atoms with Crippen molar-refractivity contribution in [1.29, 1.82) is 0 Å². The first-order valence-corrected chi connectivity index (χ1v) is 13.0. The molecule has 0 radical (unpaired) electrons. The van der Waals surface area contributed by atoms with E-state index in [0.29, 0.717) is 16.8 Å². The third-order valence-electron chi connectivity index (χ3n) is 7.77. The number of carboxylic acids is 1. The molecule has 37 heavy (non-hydrogen) atoms. The summed E-state index contributed by atoms with van der Waals surface area (Å²) in [5.41, 5.74) is 0.264. The van der Waals surface area contributed by atoms with E-state index in [1.165, 1.54) is 37.8 Å². The van der Waals surface area contributed by atoms with Gasteiger partial charge in [0.1, 0.15) is 11.6 Å². The maximum Gasteiger partial charge on any atom is 0.335 e. The zero-order valence-electron chi connectivity index (χ0n) is 21.0. The number of carbonyl (C=O) groups is 1. The topological polar surface area (TPSA) is 103 Å². The molecule has 1 aromatic heterocycles. The van der Waals surface area contributed by atoms with Crippen LogP contribution in [-0.4, -0.2) is 33.4 Å². The Hall–Kier alpha value is -3.62. The van der Waals surface area contributed by atoms with E-state index in [2.05, 4.69) is 5.32 Å². The van der Waals surface area contributed by atoms with Crippen molar-refractivity contribution in [2.24, 2.45) is 0 Å². The van der Waals surface area contributed by atoms with E-state index < -0.39 is 23.0 Å². The molecule has 0 saturated heterocycles. The molecule has 2 N–H and O–H groups in total. The molecule has 2 fully saturated rings. The first-order chi connectivity index (χ1) is 17.9. The number of rotatable bonds is 7. The van der Waals surface area contributed by atoms with Gasteiger partial charge in [0.2, 0.25) is 0 Å². The Bertz CT molecular complexity index is 1450. The second kappa shape index (κ2) is 10.4. The standard InChI is InChI=1S/C28H32FN3O5/c1-37-25-13-17(27(34)35)11-12-18(25)16-31-26(33)21-14-22(29)23(30-19-7-3-2-4-8-19)15-24(21)32(28(31)36)20-9-5-6-10-20/h11-15,19-20,30H,2-10,16H2,1H3,(H,34,35). The molecule has 8 nitrogen and oxygen atoms in total. The molecule has 3 aromatic rings. The maximum atomic E-state index is 15.3. The summed E-state index contributed by atoms with van der Waals surface area (Å²) >= 11 is 0. The monoisotopic (exact) mass is 509 g/mol. The molecule has 0 amide bonds. The second-order valence-electron chi connectivity index (χ2n) is 10.1. The summed E-state index contributed by atoms with van der Waals surface area (Å²) in [5.74, 6) is -1.36. The fourth-order valence-corrected chi connectivity index (χ4v) is 5.81. The van der Waals surface area contributed by atoms with Crippen molar-refractivity contribution >= 4 is 22.6 Å². The third kappa shape index (κ3) is 4.86. The Kier molecular flexibility index (Phi) is 7.04. The van der Waals surface area contributed by atoms with Gasteiger partial charge in [0.25, 0.3) is 5.56 Å². The van der Waals surface area contributed by atoms with Crippen LogP contribution in [0.25, 0.3) is 10.9 Å². The highest BCUT2D eigenvalue weighted by Gasteiger charge is 2.25. The fourth-order valence-electron chi connectivity index (χ4n) is 5.81. The van der Waals surface area contributed by atoms with Gasteiger partial charge in [-0.25, -0.2) is 14.0 Å². The lowest BCUT2D eigenvalue weighted by Gasteiger charge is -2.25. The summed E-state index contributed by atoms with van der Waals surface area (Å²) in [6.07, 6.45) is 8.91. The molecule has 9 heteroatoms. The molecule has 1 heterocycles. The average molecular weight is 510 g/mol. The number of fused-ring (bicyclic) bond motifs is 1. The summed E-state index contributed by atoms with van der Waals surface area (Å²) in [5, 5.41) is 12.8. The quantitative estimate of drug-likeness (QED) is 0.469. The average Bonchev–Trinajstić information content (AvgIpc) is 3.43. The van der Waals surface area contributed by atoms with Crippen LogP contribution in [0.5, 0.6) is 5.75 Å². The minimum absolute atomic E-state index is 0.0369. The Morgan fingerprint density at radius 1 is 1.05 bits per heavy atom. The van der Waals surface area contributed by atoms with E-state index in [0.717, 1.165) is 55.9 Å². The maximum absolute atomic E-state index is 15.3. The van der Waals surface area contributed by atoms with Crippen LogP contribution >= 0.6 is 0 Å². The molecule has 0 aliphatic heterocycles. The highest BCUT2D eigenvalue weighted by atomic mass is 19.1. The van der Waals surface area contributed by atoms with Gasteiger partial charge in [0, 0.05) is 17.6 Å². The lowest BCUT2D eigenvalue weighted by atomic mass is 9.95. The number of aromatic carboxylic acids is 1. The number of aromatic nitrogens is 2. The molecule has 5 rings (SSSR count). The van der Waals surface area contributed by atoms with Gasteiger partial charge in [-0.2, -0.15) is 0 Å². The predicted octanol–water partition coefficient (Wildman–Crippen LogP) is 4.92. The molecular formula is C28H32FN3O5. The van der Waals surface area contributed by atoms with Crippen LogP contribution in [0, 0.1) is 5.82 Å². The van der Waals surface area contributed by atoms with Gasteiger partial charge in [0.05, 0.1) is 35.8 Å². The van der Waals surface area contributed by atoms with Gasteiger partial charge >= 0.3 is 11.7 Å². The highest BCUT2D eigenvalue weighted by Crippen LogP contribution is 2.32. The molecular weight excluding hydrogens is 477 g/mol. The van der Waals surface area contributed by atoms with E-state index in [9.17, 15) is 19.5 Å². The third-order valence-corrected chi connectivity index (χ3v) is 7.77. The summed E-state index contributed by atoms with van der Waals surface area (Å²) in [6, 6.07) is 7.28. The van der Waals surface area contributed by atoms with E-state index >= 15 is 4.39 Å². The minimum atomic E-state index is -1.11. The number of anilines is 1. The number of hydrogen-bond acceptors (Lipinski definition) is 5. The number of nitrogens with one attached hydrogen (secondary N) is 1. The Balaban J connectivity index is 1.64. The van der Waals surface area contributed by atoms with Crippen LogP contribution in [0.2, 0.25) is 0 Å². The predicted molar refractivity (Wildman–Crippen MR) is 139 cm³/mol. The Labute approximate surface area is 213 Å². The van der Waals surface area contributed by atoms with Gasteiger partial charge in [-0.1, -0.05) is 38.2 Å². The van der Waals surface area contributed by atoms with Crippen LogP contribution in [0.3, 0.4) is 0 Å². The van der Waals surface area contributed by atoms with Crippen molar-refractivity contribution in [1.82, 2.24) is 9.13 Å². The minimum Gasteiger partial charge on any atom is -0.496 e. The molecule has 2 saturated carbocycles. The second-order valence-corrected chi connectivity index (χ2v) is 10.1. The zero-order valence-corrected chi connectivity index (χ0v) is 21.0. The first-order valence-electron chi connectivity index (χ1n) is 13.0. The SMILES string of the molecule is COc1cc(C(=O)O)ccc1Cn1c(=O)c2cc(F)c(NC3CCCCC3)cc2n(C2CCCC2)c1=O. The number of nitrogens with zero attached hydrogens (tertiary/aromatic N) is 2. The van der Waals surface area contributed by atoms with Crippen molar-refractivity contribution in [3.8, 4) is 5.75 Å². The van der Waals surface area contributed by atoms with Crippen molar-refractivity contribution in [2.75, 3.05) is 12.4 Å². The van der Waals surface area contributed by atoms with Crippen LogP contribution in [-0.2, 0) is 6.54 Å². The number of ether oxygens (including phenoxy) is 1. The molecule has 0 unspecified atom stereocenters. The number of halogens is 1. The van der Waals surface area contributed by atoms with Crippen LogP contribution in [0.4, 0.5) is 10.1 Å². The summed E-state index contributed by atoms with van der Waals surface area (Å²) in [4.78, 5) is 38.8. The van der Waals surface area contributed by atoms with Crippen LogP contribution in [0.15, 0.2) is 39.9 Å². The zero-order chi connectivity index (χ0) is 26.1. The highest BCUT2D eigenvalue weighted by molar-refractivity contribution is 5.88. The van der Waals surface area contributed by atoms with Crippen molar-refractivity contribution < 1.29 is 19.0 Å². The number of carboxylic acid groups (broad SMARTS) is 1. The van der Waals surface area contributed by atoms with Gasteiger partial charge in [-0.3, -0.25) is 13.9 Å². The van der Waals surface area contributed by atoms with Gasteiger partial charge < -0.3 is 15.2 Å². The molecule has 2 aliphatic carbocycles. The van der Waals surface area contributed by atoms with Crippen molar-refractivity contribution in [3.63, 3.8) is 0 Å². The van der Waals surface area contributed by atoms with Gasteiger partial charge in [0.15, 0.2) is 0 Å². The lowest BCUT2D eigenvalue weighted by Crippen LogP contribution is -2.41. The number of hydrogen-bond donors (Lipinski definition) is 2. The van der Waals surface area contributed by atoms with Gasteiger partial charge in [-0.05, 0) is 49.9 Å². The van der Waals surface area contributed by atoms with Crippen LogP contribution in [0.1, 0.15) is 79.8 Å². The van der Waals surface area contributed by atoms with E-state index in [1.54, 1.807) is 10.6 Å². The smallest absolute Gasteiger partial charge is 0.335 e. The van der Waals surface area contributed by atoms with E-state index in [4.69, 9.17) is 4.74 Å². The number of methoxy groups -OCH3 is 1. The Morgan fingerprint density at radius 3 is 2.43 bits per heavy atom. The summed E-state index contributed by atoms with van der Waals surface area (Å²) in [6.45, 7) is -0.118. The van der Waals surface area contributed by atoms with E-state index in [-0.39, 0.29) is 35.3 Å². The fraction of sp³-hybridized carbons (Fsp3) is 0.464. The van der Waals surface area contributed by atoms with E-state index in [1.807, 2.05) is 0 Å². The van der Waals surface area contributed by atoms with Crippen molar-refractivity contribution in [3.05, 3.63) is 68.1 Å². The lowest BCUT2D eigenvalue weighted by molar-refractivity contribution is 0.0696. The summed E-state index contributed by atoms with van der Waals surface area (Å²) < 4.78 is 23.4. The van der Waals surface area contributed by atoms with Crippen LogP contribution < -0.4 is 21.3 Å². The largest absolute Gasteiger partial charge is 0.496 e. The van der Waals surface area contributed by atoms with Gasteiger partial charge in [-0.15, -0.1) is 0 Å². The summed E-state index contributed by atoms with van der Waals surface area (Å²) in [7, 11) is 1.40. The van der Waals surface area contributed by atoms with Crippen molar-refractivity contribution in [2.45, 2.75) is 76.4 Å². The first kappa shape index (κ1) is 25.0. The molecule has 196 valence electrons. The molecule has 0 atom stereocenters. The molecule has 2 aliphatic rings. The number of benzene rings is 2. The Morgan fingerprint density at radius 2 is 1.76 bits per heavy atom.